The van der Waals surface area contributed by atoms with E-state index in [2.05, 4.69) is 20.9 Å². The number of nitrogens with one attached hydrogen (secondary N) is 4. The first-order valence-electron chi connectivity index (χ1n) is 11.3. The van der Waals surface area contributed by atoms with Crippen LogP contribution < -0.4 is 20.7 Å². The van der Waals surface area contributed by atoms with E-state index in [1.165, 1.54) is 12.1 Å². The average Bonchev–Trinajstić information content (AvgIpc) is 3.31. The first-order chi connectivity index (χ1) is 17.0. The van der Waals surface area contributed by atoms with Crippen LogP contribution in [0.2, 0.25) is 0 Å². The van der Waals surface area contributed by atoms with Gasteiger partial charge in [-0.05, 0) is 47.0 Å². The lowest BCUT2D eigenvalue weighted by Gasteiger charge is -2.19. The number of carbonyl (C=O) groups is 2. The van der Waals surface area contributed by atoms with Gasteiger partial charge in [0, 0.05) is 36.1 Å². The van der Waals surface area contributed by atoms with Crippen LogP contribution in [0.1, 0.15) is 22.6 Å². The Hall–Kier alpha value is -4.33. The van der Waals surface area contributed by atoms with Gasteiger partial charge in [-0.15, -0.1) is 0 Å². The highest BCUT2D eigenvalue weighted by Crippen LogP contribution is 2.31. The number of urea groups is 1. The fourth-order valence-corrected chi connectivity index (χ4v) is 3.91. The van der Waals surface area contributed by atoms with E-state index in [4.69, 9.17) is 4.74 Å². The lowest BCUT2D eigenvalue weighted by atomic mass is 9.91. The molecule has 0 bridgehead atoms. The standard InChI is InChI=1S/C27H27FN4O3/c1-35-21-12-8-19(9-13-21)23(24-16-29-25-5-3-2-4-22(24)25)15-30-26(33)17-32-27(34)31-14-18-6-10-20(28)11-7-18/h2-13,16,23,29H,14-15,17H2,1H3,(H,30,33)(H2,31,32,34). The Morgan fingerprint density at radius 1 is 0.943 bits per heavy atom. The number of hydrogen-bond acceptors (Lipinski definition) is 3. The number of ether oxygens (including phenoxy) is 1. The van der Waals surface area contributed by atoms with Crippen molar-refractivity contribution in [3.63, 3.8) is 0 Å². The Morgan fingerprint density at radius 2 is 1.69 bits per heavy atom. The Balaban J connectivity index is 1.36. The highest BCUT2D eigenvalue weighted by atomic mass is 19.1. The van der Waals surface area contributed by atoms with Gasteiger partial charge in [0.15, 0.2) is 0 Å². The molecular formula is C27H27FN4O3. The second kappa shape index (κ2) is 11.2. The number of fused-ring (bicyclic) bond motifs is 1. The van der Waals surface area contributed by atoms with E-state index in [9.17, 15) is 14.0 Å². The molecule has 0 aliphatic heterocycles. The van der Waals surface area contributed by atoms with Crippen LogP contribution in [0.15, 0.2) is 79.0 Å². The van der Waals surface area contributed by atoms with Crippen LogP contribution in [0, 0.1) is 5.82 Å². The minimum atomic E-state index is -0.479. The third-order valence-corrected chi connectivity index (χ3v) is 5.79. The lowest BCUT2D eigenvalue weighted by molar-refractivity contribution is -0.120. The average molecular weight is 475 g/mol. The number of benzene rings is 3. The number of H-pyrrole nitrogens is 1. The van der Waals surface area contributed by atoms with E-state index in [1.54, 1.807) is 19.2 Å². The first kappa shape index (κ1) is 23.8. The van der Waals surface area contributed by atoms with Crippen molar-refractivity contribution in [1.82, 2.24) is 20.9 Å². The maximum atomic E-state index is 13.0. The summed E-state index contributed by atoms with van der Waals surface area (Å²) in [4.78, 5) is 27.8. The quantitative estimate of drug-likeness (QED) is 0.295. The fraction of sp³-hybridized carbons (Fsp3) is 0.185. The molecule has 0 radical (unpaired) electrons. The van der Waals surface area contributed by atoms with Gasteiger partial charge >= 0.3 is 6.03 Å². The molecule has 0 spiro atoms. The SMILES string of the molecule is COc1ccc(C(CNC(=O)CNC(=O)NCc2ccc(F)cc2)c2c[nH]c3ccccc23)cc1. The van der Waals surface area contributed by atoms with Gasteiger partial charge in [-0.25, -0.2) is 9.18 Å². The maximum absolute atomic E-state index is 13.0. The van der Waals surface area contributed by atoms with E-state index >= 15 is 0 Å². The number of methoxy groups -OCH3 is 1. The summed E-state index contributed by atoms with van der Waals surface area (Å²) in [5.74, 6) is 0.00959. The molecule has 4 rings (SSSR count). The predicted octanol–water partition coefficient (Wildman–Crippen LogP) is 4.06. The summed E-state index contributed by atoms with van der Waals surface area (Å²) in [6.45, 7) is 0.415. The number of halogens is 1. The molecule has 0 aliphatic rings. The van der Waals surface area contributed by atoms with Gasteiger partial charge in [0.25, 0.3) is 0 Å². The number of hydrogen-bond donors (Lipinski definition) is 4. The smallest absolute Gasteiger partial charge is 0.315 e. The number of aromatic nitrogens is 1. The topological polar surface area (TPSA) is 95.2 Å². The van der Waals surface area contributed by atoms with E-state index in [-0.39, 0.29) is 30.7 Å². The van der Waals surface area contributed by atoms with Crippen LogP contribution in [0.3, 0.4) is 0 Å². The van der Waals surface area contributed by atoms with Crippen LogP contribution in [0.4, 0.5) is 9.18 Å². The normalized spacial score (nSPS) is 11.6. The summed E-state index contributed by atoms with van der Waals surface area (Å²) in [6, 6.07) is 21.1. The number of amides is 3. The molecule has 8 heteroatoms. The van der Waals surface area contributed by atoms with Gasteiger partial charge in [0.2, 0.25) is 5.91 Å². The molecule has 180 valence electrons. The van der Waals surface area contributed by atoms with E-state index in [1.807, 2.05) is 54.7 Å². The Kier molecular flexibility index (Phi) is 7.62. The lowest BCUT2D eigenvalue weighted by Crippen LogP contribution is -2.42. The van der Waals surface area contributed by atoms with Crippen molar-refractivity contribution in [3.05, 3.63) is 102 Å². The zero-order valence-electron chi connectivity index (χ0n) is 19.3. The highest BCUT2D eigenvalue weighted by molar-refractivity contribution is 5.85. The minimum Gasteiger partial charge on any atom is -0.497 e. The summed E-state index contributed by atoms with van der Waals surface area (Å²) >= 11 is 0. The van der Waals surface area contributed by atoms with Crippen molar-refractivity contribution in [3.8, 4) is 5.75 Å². The van der Waals surface area contributed by atoms with Gasteiger partial charge in [-0.2, -0.15) is 0 Å². The molecule has 35 heavy (non-hydrogen) atoms. The molecule has 3 amide bonds. The first-order valence-corrected chi connectivity index (χ1v) is 11.3. The molecule has 7 nitrogen and oxygen atoms in total. The molecule has 4 aromatic rings. The van der Waals surface area contributed by atoms with Crippen molar-refractivity contribution in [2.45, 2.75) is 12.5 Å². The van der Waals surface area contributed by atoms with E-state index < -0.39 is 6.03 Å². The number of para-hydroxylation sites is 1. The number of rotatable bonds is 9. The van der Waals surface area contributed by atoms with E-state index in [0.29, 0.717) is 6.54 Å². The molecule has 0 saturated heterocycles. The third kappa shape index (κ3) is 6.17. The molecule has 0 saturated carbocycles. The molecule has 1 heterocycles. The van der Waals surface area contributed by atoms with Crippen molar-refractivity contribution < 1.29 is 18.7 Å². The second-order valence-electron chi connectivity index (χ2n) is 8.08. The maximum Gasteiger partial charge on any atom is 0.315 e. The van der Waals surface area contributed by atoms with Gasteiger partial charge in [-0.3, -0.25) is 4.79 Å². The van der Waals surface area contributed by atoms with Crippen LogP contribution in [-0.4, -0.2) is 37.1 Å². The van der Waals surface area contributed by atoms with Crippen molar-refractivity contribution in [1.29, 1.82) is 0 Å². The third-order valence-electron chi connectivity index (χ3n) is 5.79. The second-order valence-corrected chi connectivity index (χ2v) is 8.08. The molecule has 4 N–H and O–H groups in total. The number of carbonyl (C=O) groups excluding carboxylic acids is 2. The van der Waals surface area contributed by atoms with Gasteiger partial charge in [0.1, 0.15) is 11.6 Å². The summed E-state index contributed by atoms with van der Waals surface area (Å²) < 4.78 is 18.3. The predicted molar refractivity (Wildman–Crippen MR) is 133 cm³/mol. The zero-order valence-corrected chi connectivity index (χ0v) is 19.3. The monoisotopic (exact) mass is 474 g/mol. The van der Waals surface area contributed by atoms with Crippen LogP contribution in [0.25, 0.3) is 10.9 Å². The Morgan fingerprint density at radius 3 is 2.43 bits per heavy atom. The van der Waals surface area contributed by atoms with Gasteiger partial charge in [0.05, 0.1) is 13.7 Å². The summed E-state index contributed by atoms with van der Waals surface area (Å²) in [5, 5.41) is 9.21. The molecular weight excluding hydrogens is 447 g/mol. The summed E-state index contributed by atoms with van der Waals surface area (Å²) in [5.41, 5.74) is 3.87. The molecule has 1 unspecified atom stereocenters. The molecule has 0 fully saturated rings. The Labute approximate surface area is 202 Å². The largest absolute Gasteiger partial charge is 0.497 e. The Bertz CT molecular complexity index is 1290. The highest BCUT2D eigenvalue weighted by Gasteiger charge is 2.19. The van der Waals surface area contributed by atoms with Crippen molar-refractivity contribution in [2.24, 2.45) is 0 Å². The van der Waals surface area contributed by atoms with Gasteiger partial charge < -0.3 is 25.7 Å². The molecule has 1 aromatic heterocycles. The van der Waals surface area contributed by atoms with E-state index in [0.717, 1.165) is 33.3 Å². The zero-order chi connectivity index (χ0) is 24.6. The molecule has 0 aliphatic carbocycles. The number of aromatic amines is 1. The molecule has 1 atom stereocenters. The molecule has 3 aromatic carbocycles. The van der Waals surface area contributed by atoms with Crippen LogP contribution in [-0.2, 0) is 11.3 Å². The fourth-order valence-electron chi connectivity index (χ4n) is 3.91. The van der Waals surface area contributed by atoms with Crippen LogP contribution in [0.5, 0.6) is 5.75 Å². The summed E-state index contributed by atoms with van der Waals surface area (Å²) in [6.07, 6.45) is 1.97. The van der Waals surface area contributed by atoms with Gasteiger partial charge in [-0.1, -0.05) is 42.5 Å². The minimum absolute atomic E-state index is 0.103. The summed E-state index contributed by atoms with van der Waals surface area (Å²) in [7, 11) is 1.62. The van der Waals surface area contributed by atoms with Crippen LogP contribution >= 0.6 is 0 Å². The van der Waals surface area contributed by atoms with Crippen molar-refractivity contribution >= 4 is 22.8 Å². The van der Waals surface area contributed by atoms with Crippen molar-refractivity contribution in [2.75, 3.05) is 20.2 Å².